The van der Waals surface area contributed by atoms with Gasteiger partial charge in [0, 0.05) is 24.4 Å². The van der Waals surface area contributed by atoms with Crippen molar-refractivity contribution < 1.29 is 8.85 Å². The molecule has 0 bridgehead atoms. The first-order valence-corrected chi connectivity index (χ1v) is 10.8. The molecular weight excluding hydrogens is 312 g/mol. The van der Waals surface area contributed by atoms with Crippen LogP contribution < -0.4 is 5.19 Å². The van der Waals surface area contributed by atoms with Crippen molar-refractivity contribution in [1.82, 2.24) is 0 Å². The average Bonchev–Trinajstić information content (AvgIpc) is 2.56. The van der Waals surface area contributed by atoms with E-state index in [0.29, 0.717) is 5.92 Å². The van der Waals surface area contributed by atoms with Gasteiger partial charge in [-0.3, -0.25) is 0 Å². The first kappa shape index (κ1) is 19.2. The van der Waals surface area contributed by atoms with E-state index >= 15 is 0 Å². The SMILES string of the molecule is CCCC(C)C(C)(C)[Si](OC)(OC)c1cccc2ccc(C)cc12. The van der Waals surface area contributed by atoms with Gasteiger partial charge in [-0.25, -0.2) is 0 Å². The number of fused-ring (bicyclic) bond motifs is 1. The van der Waals surface area contributed by atoms with E-state index in [0.717, 1.165) is 0 Å². The third kappa shape index (κ3) is 3.05. The molecule has 0 aromatic heterocycles. The molecule has 0 aliphatic carbocycles. The molecule has 0 aliphatic heterocycles. The zero-order chi connectivity index (χ0) is 18.0. The number of aryl methyl sites for hydroxylation is 1. The minimum Gasteiger partial charge on any atom is -0.394 e. The van der Waals surface area contributed by atoms with E-state index in [-0.39, 0.29) is 5.04 Å². The van der Waals surface area contributed by atoms with Crippen molar-refractivity contribution in [2.24, 2.45) is 5.92 Å². The van der Waals surface area contributed by atoms with Gasteiger partial charge in [0.1, 0.15) is 0 Å². The molecule has 2 nitrogen and oxygen atoms in total. The summed E-state index contributed by atoms with van der Waals surface area (Å²) in [4.78, 5) is 0. The second kappa shape index (κ2) is 7.38. The maximum absolute atomic E-state index is 6.27. The molecule has 0 saturated carbocycles. The molecule has 0 saturated heterocycles. The zero-order valence-electron chi connectivity index (χ0n) is 16.3. The van der Waals surface area contributed by atoms with Crippen molar-refractivity contribution in [2.45, 2.75) is 52.5 Å². The summed E-state index contributed by atoms with van der Waals surface area (Å²) < 4.78 is 12.5. The molecule has 0 N–H and O–H groups in total. The zero-order valence-corrected chi connectivity index (χ0v) is 17.3. The standard InChI is InChI=1S/C21H32O2Si/c1-8-10-17(3)21(4,5)24(22-6,23-7)20-12-9-11-18-14-13-16(2)15-19(18)20/h9,11-15,17H,8,10H2,1-7H3. The lowest BCUT2D eigenvalue weighted by Gasteiger charge is -2.45. The van der Waals surface area contributed by atoms with Crippen LogP contribution in [0.2, 0.25) is 5.04 Å². The van der Waals surface area contributed by atoms with Gasteiger partial charge < -0.3 is 8.85 Å². The summed E-state index contributed by atoms with van der Waals surface area (Å²) >= 11 is 0. The summed E-state index contributed by atoms with van der Waals surface area (Å²) in [6, 6.07) is 13.1. The van der Waals surface area contributed by atoms with Gasteiger partial charge >= 0.3 is 8.56 Å². The molecule has 0 spiro atoms. The van der Waals surface area contributed by atoms with Crippen molar-refractivity contribution in [1.29, 1.82) is 0 Å². The van der Waals surface area contributed by atoms with Crippen LogP contribution in [0, 0.1) is 12.8 Å². The normalized spacial score (nSPS) is 14.1. The third-order valence-corrected chi connectivity index (χ3v) is 10.3. The molecule has 132 valence electrons. The minimum absolute atomic E-state index is 0.0372. The Hall–Kier alpha value is -1.16. The van der Waals surface area contributed by atoms with Gasteiger partial charge in [-0.2, -0.15) is 0 Å². The molecule has 0 radical (unpaired) electrons. The van der Waals surface area contributed by atoms with Crippen LogP contribution in [0.15, 0.2) is 36.4 Å². The largest absolute Gasteiger partial charge is 0.394 e. The Morgan fingerprint density at radius 3 is 2.33 bits per heavy atom. The molecule has 24 heavy (non-hydrogen) atoms. The van der Waals surface area contributed by atoms with E-state index in [9.17, 15) is 0 Å². The van der Waals surface area contributed by atoms with Crippen LogP contribution in [-0.4, -0.2) is 22.8 Å². The molecule has 0 amide bonds. The van der Waals surface area contributed by atoms with E-state index < -0.39 is 8.56 Å². The van der Waals surface area contributed by atoms with Gasteiger partial charge in [0.25, 0.3) is 0 Å². The van der Waals surface area contributed by atoms with E-state index in [1.807, 2.05) is 14.2 Å². The summed E-state index contributed by atoms with van der Waals surface area (Å²) in [6.45, 7) is 11.4. The Balaban J connectivity index is 2.73. The Kier molecular flexibility index (Phi) is 5.90. The van der Waals surface area contributed by atoms with Gasteiger partial charge in [-0.15, -0.1) is 0 Å². The quantitative estimate of drug-likeness (QED) is 0.634. The molecule has 0 heterocycles. The second-order valence-corrected chi connectivity index (χ2v) is 11.3. The molecule has 1 atom stereocenters. The topological polar surface area (TPSA) is 18.5 Å². The van der Waals surface area contributed by atoms with E-state index in [4.69, 9.17) is 8.85 Å². The number of hydrogen-bond donors (Lipinski definition) is 0. The monoisotopic (exact) mass is 344 g/mol. The lowest BCUT2D eigenvalue weighted by atomic mass is 9.92. The van der Waals surface area contributed by atoms with Gasteiger partial charge in [-0.05, 0) is 23.6 Å². The van der Waals surface area contributed by atoms with E-state index in [1.165, 1.54) is 34.4 Å². The first-order valence-electron chi connectivity index (χ1n) is 8.94. The average molecular weight is 345 g/mol. The predicted molar refractivity (Wildman–Crippen MR) is 106 cm³/mol. The smallest absolute Gasteiger partial charge is 0.378 e. The van der Waals surface area contributed by atoms with Crippen LogP contribution in [0.25, 0.3) is 10.8 Å². The fourth-order valence-electron chi connectivity index (χ4n) is 3.97. The van der Waals surface area contributed by atoms with Crippen molar-refractivity contribution in [2.75, 3.05) is 14.2 Å². The number of benzene rings is 2. The molecule has 2 rings (SSSR count). The molecule has 1 unspecified atom stereocenters. The Labute approximate surface area is 148 Å². The highest BCUT2D eigenvalue weighted by Crippen LogP contribution is 2.47. The maximum atomic E-state index is 6.27. The van der Waals surface area contributed by atoms with Gasteiger partial charge in [0.15, 0.2) is 0 Å². The Morgan fingerprint density at radius 2 is 1.75 bits per heavy atom. The highest BCUT2D eigenvalue weighted by Gasteiger charge is 2.55. The summed E-state index contributed by atoms with van der Waals surface area (Å²) in [5.41, 5.74) is 1.27. The first-order chi connectivity index (χ1) is 11.3. The summed E-state index contributed by atoms with van der Waals surface area (Å²) in [5.74, 6) is 0.522. The Morgan fingerprint density at radius 1 is 1.08 bits per heavy atom. The van der Waals surface area contributed by atoms with Gasteiger partial charge in [0.05, 0.1) is 0 Å². The highest BCUT2D eigenvalue weighted by atomic mass is 28.4. The van der Waals surface area contributed by atoms with Crippen molar-refractivity contribution in [3.63, 3.8) is 0 Å². The molecular formula is C21H32O2Si. The van der Waals surface area contributed by atoms with Crippen molar-refractivity contribution in [3.05, 3.63) is 42.0 Å². The molecule has 2 aromatic rings. The van der Waals surface area contributed by atoms with Gasteiger partial charge in [0.2, 0.25) is 0 Å². The fourth-order valence-corrected chi connectivity index (χ4v) is 8.00. The molecule has 3 heteroatoms. The minimum atomic E-state index is -2.63. The van der Waals surface area contributed by atoms with Gasteiger partial charge in [-0.1, -0.05) is 82.5 Å². The third-order valence-electron chi connectivity index (χ3n) is 5.77. The summed E-state index contributed by atoms with van der Waals surface area (Å²) in [6.07, 6.45) is 2.36. The van der Waals surface area contributed by atoms with E-state index in [1.54, 1.807) is 0 Å². The van der Waals surface area contributed by atoms with E-state index in [2.05, 4.69) is 71.0 Å². The molecule has 2 aromatic carbocycles. The Bertz CT molecular complexity index is 689. The summed E-state index contributed by atoms with van der Waals surface area (Å²) in [5, 5.41) is 3.74. The van der Waals surface area contributed by atoms with Crippen LogP contribution in [0.1, 0.15) is 46.1 Å². The number of rotatable bonds is 7. The lowest BCUT2D eigenvalue weighted by Crippen LogP contribution is -2.62. The van der Waals surface area contributed by atoms with Crippen LogP contribution in [0.4, 0.5) is 0 Å². The number of hydrogen-bond acceptors (Lipinski definition) is 2. The van der Waals surface area contributed by atoms with Crippen LogP contribution in [0.3, 0.4) is 0 Å². The molecule has 0 fully saturated rings. The van der Waals surface area contributed by atoms with Crippen LogP contribution in [-0.2, 0) is 8.85 Å². The van der Waals surface area contributed by atoms with Crippen LogP contribution >= 0.6 is 0 Å². The lowest BCUT2D eigenvalue weighted by molar-refractivity contribution is 0.199. The highest BCUT2D eigenvalue weighted by molar-refractivity contribution is 6.85. The summed E-state index contributed by atoms with van der Waals surface area (Å²) in [7, 11) is 1.01. The second-order valence-electron chi connectivity index (χ2n) is 7.47. The maximum Gasteiger partial charge on any atom is 0.378 e. The molecule has 0 aliphatic rings. The van der Waals surface area contributed by atoms with Crippen molar-refractivity contribution >= 4 is 24.5 Å². The predicted octanol–water partition coefficient (Wildman–Crippen LogP) is 5.31. The van der Waals surface area contributed by atoms with Crippen LogP contribution in [0.5, 0.6) is 0 Å². The van der Waals surface area contributed by atoms with Crippen molar-refractivity contribution in [3.8, 4) is 0 Å². The fraction of sp³-hybridized carbons (Fsp3) is 0.524.